The third kappa shape index (κ3) is 9.14. The summed E-state index contributed by atoms with van der Waals surface area (Å²) < 4.78 is 16.4. The van der Waals surface area contributed by atoms with Gasteiger partial charge >= 0.3 is 0 Å². The van der Waals surface area contributed by atoms with Crippen LogP contribution in [0.1, 0.15) is 90.5 Å². The predicted octanol–water partition coefficient (Wildman–Crippen LogP) is 3.44. The molecule has 4 atom stereocenters. The van der Waals surface area contributed by atoms with Gasteiger partial charge in [0.2, 0.25) is 23.5 Å². The van der Waals surface area contributed by atoms with Crippen LogP contribution in [0.2, 0.25) is 5.02 Å². The molecule has 2 saturated carbocycles. The number of carbonyl (C=O) groups excluding carboxylic acids is 5. The van der Waals surface area contributed by atoms with Crippen LogP contribution in [0.4, 0.5) is 0 Å². The Balaban J connectivity index is 1.30. The molecule has 1 spiro atoms. The zero-order valence-corrected chi connectivity index (χ0v) is 32.6. The highest BCUT2D eigenvalue weighted by Gasteiger charge is 2.54. The number of amides is 4. The standard InChI is InChI=1S/C39H54ClN5O9/c1-38(2,3)34(43-32(46)16-23-11-13-53-14-12-23)37(50)45-21-39(19-28(44-54-39)25-17-26(40)31(52-5)18-30(25)51-4)20-29(45)35(48)42-27(15-22-7-6-8-22)33(47)36(49)41-24-9-10-24/h17-19,22-24,27,29,34,44H,6-16,20-21H2,1-5H3,(H,41,49)(H,42,48)(H,43,46)/t27-,29-,34+,39+/m0/s1. The maximum absolute atomic E-state index is 14.8. The topological polar surface area (TPSA) is 174 Å². The van der Waals surface area contributed by atoms with Crippen molar-refractivity contribution in [3.8, 4) is 11.5 Å². The van der Waals surface area contributed by atoms with E-state index in [-0.39, 0.29) is 43.2 Å². The van der Waals surface area contributed by atoms with Crippen molar-refractivity contribution in [2.24, 2.45) is 17.3 Å². The summed E-state index contributed by atoms with van der Waals surface area (Å²) in [7, 11) is 3.02. The zero-order chi connectivity index (χ0) is 38.8. The summed E-state index contributed by atoms with van der Waals surface area (Å²) in [5, 5.41) is 8.99. The van der Waals surface area contributed by atoms with Crippen LogP contribution in [0.15, 0.2) is 18.2 Å². The Bertz CT molecular complexity index is 1650. The van der Waals surface area contributed by atoms with Gasteiger partial charge in [0, 0.05) is 43.7 Å². The minimum absolute atomic E-state index is 0.0208. The molecule has 2 saturated heterocycles. The highest BCUT2D eigenvalue weighted by atomic mass is 35.5. The van der Waals surface area contributed by atoms with Crippen molar-refractivity contribution in [1.82, 2.24) is 26.3 Å². The van der Waals surface area contributed by atoms with Gasteiger partial charge in [-0.15, -0.1) is 0 Å². The Kier molecular flexibility index (Phi) is 12.1. The van der Waals surface area contributed by atoms with Crippen molar-refractivity contribution >= 4 is 46.7 Å². The SMILES string of the molecule is COc1cc(OC)c(C2=C[C@]3(C[C@@H](C(=O)N[C@@H](CC4CCC4)C(=O)C(=O)NC4CC4)N(C(=O)[C@@H](NC(=O)CC4CCOCC4)C(C)(C)C)C3)ON2)cc1Cl. The minimum atomic E-state index is -1.18. The van der Waals surface area contributed by atoms with Crippen molar-refractivity contribution in [3.05, 3.63) is 28.8 Å². The summed E-state index contributed by atoms with van der Waals surface area (Å²) in [6.45, 7) is 6.74. The van der Waals surface area contributed by atoms with Gasteiger partial charge in [0.05, 0.1) is 37.5 Å². The van der Waals surface area contributed by atoms with Crippen molar-refractivity contribution in [2.75, 3.05) is 34.0 Å². The van der Waals surface area contributed by atoms with E-state index in [0.717, 1.165) is 44.9 Å². The summed E-state index contributed by atoms with van der Waals surface area (Å²) in [6, 6.07) is 0.179. The summed E-state index contributed by atoms with van der Waals surface area (Å²) in [5.74, 6) is -1.44. The third-order valence-corrected chi connectivity index (χ3v) is 11.6. The number of nitrogens with one attached hydrogen (secondary N) is 4. The maximum atomic E-state index is 14.8. The Morgan fingerprint density at radius 3 is 2.30 bits per heavy atom. The average molecular weight is 772 g/mol. The number of hydrogen-bond donors (Lipinski definition) is 4. The van der Waals surface area contributed by atoms with E-state index < -0.39 is 52.6 Å². The van der Waals surface area contributed by atoms with Crippen molar-refractivity contribution in [1.29, 1.82) is 0 Å². The molecule has 5 aliphatic rings. The second-order valence-corrected chi connectivity index (χ2v) is 16.9. The Morgan fingerprint density at radius 2 is 1.69 bits per heavy atom. The molecule has 296 valence electrons. The molecular formula is C39H54ClN5O9. The number of hydrogen-bond acceptors (Lipinski definition) is 10. The second-order valence-electron chi connectivity index (χ2n) is 16.5. The van der Waals surface area contributed by atoms with Gasteiger partial charge in [0.25, 0.3) is 5.91 Å². The fraction of sp³-hybridized carbons (Fsp3) is 0.667. The quantitative estimate of drug-likeness (QED) is 0.205. The van der Waals surface area contributed by atoms with E-state index in [2.05, 4.69) is 21.4 Å². The van der Waals surface area contributed by atoms with E-state index in [1.54, 1.807) is 18.2 Å². The first-order chi connectivity index (χ1) is 25.7. The van der Waals surface area contributed by atoms with E-state index in [9.17, 15) is 24.0 Å². The van der Waals surface area contributed by atoms with Crippen molar-refractivity contribution in [2.45, 2.75) is 115 Å². The number of rotatable bonds is 14. The number of halogens is 1. The number of Topliss-reactive ketones (excluding diaryl/α,β-unsaturated/α-hetero) is 1. The van der Waals surface area contributed by atoms with Gasteiger partial charge in [-0.05, 0) is 61.5 Å². The summed E-state index contributed by atoms with van der Waals surface area (Å²) in [5.41, 5.74) is 2.14. The number of hydroxylamine groups is 1. The predicted molar refractivity (Wildman–Crippen MR) is 199 cm³/mol. The molecule has 4 N–H and O–H groups in total. The molecule has 0 unspecified atom stereocenters. The number of ether oxygens (including phenoxy) is 3. The van der Waals surface area contributed by atoms with E-state index in [1.807, 2.05) is 20.8 Å². The molecule has 0 aromatic heterocycles. The number of likely N-dealkylation sites (tertiary alicyclic amines) is 1. The molecule has 0 radical (unpaired) electrons. The number of nitrogens with zero attached hydrogens (tertiary/aromatic N) is 1. The van der Waals surface area contributed by atoms with Gasteiger partial charge in [-0.25, -0.2) is 0 Å². The molecular weight excluding hydrogens is 718 g/mol. The van der Waals surface area contributed by atoms with E-state index in [4.69, 9.17) is 30.6 Å². The van der Waals surface area contributed by atoms with Gasteiger partial charge in [-0.2, -0.15) is 0 Å². The van der Waals surface area contributed by atoms with E-state index in [0.29, 0.717) is 47.4 Å². The zero-order valence-electron chi connectivity index (χ0n) is 31.9. The monoisotopic (exact) mass is 771 g/mol. The van der Waals surface area contributed by atoms with Gasteiger partial charge in [0.1, 0.15) is 29.2 Å². The second kappa shape index (κ2) is 16.5. The smallest absolute Gasteiger partial charge is 0.289 e. The number of ketones is 1. The van der Waals surface area contributed by atoms with Crippen LogP contribution < -0.4 is 30.9 Å². The fourth-order valence-electron chi connectivity index (χ4n) is 7.68. The molecule has 3 aliphatic heterocycles. The Hall–Kier alpha value is -3.88. The lowest BCUT2D eigenvalue weighted by molar-refractivity contribution is -0.145. The maximum Gasteiger partial charge on any atom is 0.289 e. The van der Waals surface area contributed by atoms with Gasteiger partial charge in [-0.3, -0.25) is 34.3 Å². The summed E-state index contributed by atoms with van der Waals surface area (Å²) in [6.07, 6.45) is 8.44. The molecule has 6 rings (SSSR count). The minimum Gasteiger partial charge on any atom is -0.496 e. The molecule has 4 amide bonds. The normalized spacial score (nSPS) is 24.1. The van der Waals surface area contributed by atoms with Crippen molar-refractivity contribution in [3.63, 3.8) is 0 Å². The first kappa shape index (κ1) is 39.8. The highest BCUT2D eigenvalue weighted by molar-refractivity contribution is 6.38. The molecule has 54 heavy (non-hydrogen) atoms. The number of benzene rings is 1. The first-order valence-electron chi connectivity index (χ1n) is 19.1. The van der Waals surface area contributed by atoms with Crippen LogP contribution in [0.5, 0.6) is 11.5 Å². The summed E-state index contributed by atoms with van der Waals surface area (Å²) >= 11 is 6.50. The number of methoxy groups -OCH3 is 2. The van der Waals surface area contributed by atoms with Crippen LogP contribution in [0, 0.1) is 17.3 Å². The molecule has 15 heteroatoms. The highest BCUT2D eigenvalue weighted by Crippen LogP contribution is 2.42. The molecule has 3 heterocycles. The molecule has 2 aliphatic carbocycles. The van der Waals surface area contributed by atoms with E-state index >= 15 is 0 Å². The molecule has 1 aromatic carbocycles. The van der Waals surface area contributed by atoms with Gasteiger partial charge in [-0.1, -0.05) is 51.6 Å². The average Bonchev–Trinajstić information content (AvgIpc) is 3.72. The lowest BCUT2D eigenvalue weighted by Gasteiger charge is -2.36. The third-order valence-electron chi connectivity index (χ3n) is 11.3. The van der Waals surface area contributed by atoms with Gasteiger partial charge < -0.3 is 35.1 Å². The van der Waals surface area contributed by atoms with Crippen LogP contribution in [0.25, 0.3) is 5.70 Å². The fourth-order valence-corrected chi connectivity index (χ4v) is 7.92. The molecule has 14 nitrogen and oxygen atoms in total. The molecule has 1 aromatic rings. The molecule has 4 fully saturated rings. The van der Waals surface area contributed by atoms with Crippen LogP contribution in [-0.4, -0.2) is 98.1 Å². The lowest BCUT2D eigenvalue weighted by Crippen LogP contribution is -2.59. The van der Waals surface area contributed by atoms with Gasteiger partial charge in [0.15, 0.2) is 0 Å². The van der Waals surface area contributed by atoms with Crippen LogP contribution in [-0.2, 0) is 33.5 Å². The van der Waals surface area contributed by atoms with Crippen LogP contribution in [0.3, 0.4) is 0 Å². The Morgan fingerprint density at radius 1 is 0.981 bits per heavy atom. The largest absolute Gasteiger partial charge is 0.496 e. The number of carbonyl (C=O) groups is 5. The van der Waals surface area contributed by atoms with Crippen LogP contribution >= 0.6 is 11.6 Å². The molecule has 0 bridgehead atoms. The summed E-state index contributed by atoms with van der Waals surface area (Å²) in [4.78, 5) is 76.8. The van der Waals surface area contributed by atoms with Crippen molar-refractivity contribution < 1.29 is 43.0 Å². The Labute approximate surface area is 321 Å². The van der Waals surface area contributed by atoms with E-state index in [1.165, 1.54) is 19.1 Å². The lowest BCUT2D eigenvalue weighted by atomic mass is 9.80. The first-order valence-corrected chi connectivity index (χ1v) is 19.5.